The monoisotopic (exact) mass is 373 g/mol. The van der Waals surface area contributed by atoms with Gasteiger partial charge in [-0.3, -0.25) is 0 Å². The number of benzene rings is 2. The number of nitrogens with two attached hydrogens (primary N) is 1. The highest BCUT2D eigenvalue weighted by Crippen LogP contribution is 2.31. The Morgan fingerprint density at radius 1 is 1.07 bits per heavy atom. The summed E-state index contributed by atoms with van der Waals surface area (Å²) < 4.78 is 14.9. The van der Waals surface area contributed by atoms with Crippen molar-refractivity contribution in [3.8, 4) is 22.6 Å². The molecule has 2 aromatic carbocycles. The summed E-state index contributed by atoms with van der Waals surface area (Å²) in [6, 6.07) is 13.9. The SMILES string of the molecule is CCc1nn2c(N)c(-c3nc4ccccc4[nH]3)nnc2c1-c1ccc(F)cc1. The minimum atomic E-state index is -0.295. The predicted octanol–water partition coefficient (Wildman–Crippen LogP) is 3.62. The molecule has 0 radical (unpaired) electrons. The molecule has 0 aliphatic carbocycles. The van der Waals surface area contributed by atoms with E-state index in [4.69, 9.17) is 5.73 Å². The van der Waals surface area contributed by atoms with E-state index in [0.29, 0.717) is 29.4 Å². The minimum absolute atomic E-state index is 0.295. The minimum Gasteiger partial charge on any atom is -0.382 e. The van der Waals surface area contributed by atoms with Gasteiger partial charge in [0, 0.05) is 0 Å². The molecule has 0 saturated heterocycles. The first-order valence-corrected chi connectivity index (χ1v) is 8.90. The summed E-state index contributed by atoms with van der Waals surface area (Å²) in [5, 5.41) is 13.3. The Morgan fingerprint density at radius 3 is 2.61 bits per heavy atom. The fourth-order valence-corrected chi connectivity index (χ4v) is 3.36. The Bertz CT molecular complexity index is 1290. The Labute approximate surface area is 159 Å². The zero-order valence-electron chi connectivity index (χ0n) is 15.0. The molecule has 0 saturated carbocycles. The van der Waals surface area contributed by atoms with Crippen molar-refractivity contribution in [3.05, 3.63) is 60.0 Å². The van der Waals surface area contributed by atoms with Crippen LogP contribution in [0.3, 0.4) is 0 Å². The smallest absolute Gasteiger partial charge is 0.187 e. The summed E-state index contributed by atoms with van der Waals surface area (Å²) in [7, 11) is 0. The Balaban J connectivity index is 1.73. The van der Waals surface area contributed by atoms with Crippen LogP contribution in [0.25, 0.3) is 39.3 Å². The molecule has 0 amide bonds. The molecule has 0 aliphatic heterocycles. The van der Waals surface area contributed by atoms with Gasteiger partial charge in [0.05, 0.1) is 22.3 Å². The van der Waals surface area contributed by atoms with Gasteiger partial charge in [-0.15, -0.1) is 10.2 Å². The lowest BCUT2D eigenvalue weighted by molar-refractivity contribution is 0.628. The van der Waals surface area contributed by atoms with Crippen LogP contribution in [-0.2, 0) is 6.42 Å². The van der Waals surface area contributed by atoms with Gasteiger partial charge in [-0.25, -0.2) is 9.37 Å². The van der Waals surface area contributed by atoms with E-state index in [-0.39, 0.29) is 5.82 Å². The van der Waals surface area contributed by atoms with Gasteiger partial charge in [-0.2, -0.15) is 9.61 Å². The number of halogens is 1. The molecule has 5 rings (SSSR count). The van der Waals surface area contributed by atoms with Crippen LogP contribution in [-0.4, -0.2) is 29.8 Å². The number of anilines is 1. The molecule has 0 fully saturated rings. The number of H-pyrrole nitrogens is 1. The number of rotatable bonds is 3. The van der Waals surface area contributed by atoms with Crippen LogP contribution >= 0.6 is 0 Å². The molecule has 8 heteroatoms. The van der Waals surface area contributed by atoms with Crippen LogP contribution in [0.2, 0.25) is 0 Å². The number of nitrogen functional groups attached to an aromatic ring is 1. The maximum atomic E-state index is 13.3. The van der Waals surface area contributed by atoms with E-state index >= 15 is 0 Å². The lowest BCUT2D eigenvalue weighted by Gasteiger charge is -2.04. The molecule has 0 unspecified atom stereocenters. The van der Waals surface area contributed by atoms with E-state index in [0.717, 1.165) is 27.9 Å². The number of aryl methyl sites for hydroxylation is 1. The zero-order chi connectivity index (χ0) is 19.3. The van der Waals surface area contributed by atoms with Gasteiger partial charge >= 0.3 is 0 Å². The fourth-order valence-electron chi connectivity index (χ4n) is 3.36. The number of para-hydroxylation sites is 2. The standard InChI is InChI=1S/C20H16FN7/c1-2-13-16(11-7-9-12(21)10-8-11)20-26-25-17(18(22)28(20)27-13)19-23-14-5-3-4-6-15(14)24-19/h3-10H,2,22H2,1H3,(H,23,24). The summed E-state index contributed by atoms with van der Waals surface area (Å²) >= 11 is 0. The highest BCUT2D eigenvalue weighted by molar-refractivity contribution is 5.84. The van der Waals surface area contributed by atoms with Gasteiger partial charge in [0.25, 0.3) is 0 Å². The number of imidazole rings is 1. The number of fused-ring (bicyclic) bond motifs is 2. The molecule has 138 valence electrons. The molecule has 3 heterocycles. The van der Waals surface area contributed by atoms with Crippen molar-refractivity contribution in [1.82, 2.24) is 29.8 Å². The normalized spacial score (nSPS) is 11.5. The molecular formula is C20H16FN7. The van der Waals surface area contributed by atoms with Crippen LogP contribution in [0.4, 0.5) is 10.2 Å². The molecule has 7 nitrogen and oxygen atoms in total. The van der Waals surface area contributed by atoms with E-state index in [9.17, 15) is 4.39 Å². The molecule has 0 aliphatic rings. The summed E-state index contributed by atoms with van der Waals surface area (Å²) in [5.41, 5.74) is 11.5. The Hall–Kier alpha value is -3.81. The first-order chi connectivity index (χ1) is 13.7. The summed E-state index contributed by atoms with van der Waals surface area (Å²) in [6.45, 7) is 2.00. The third-order valence-corrected chi connectivity index (χ3v) is 4.73. The maximum absolute atomic E-state index is 13.3. The number of nitrogens with zero attached hydrogens (tertiary/aromatic N) is 5. The third-order valence-electron chi connectivity index (χ3n) is 4.73. The molecule has 3 aromatic heterocycles. The predicted molar refractivity (Wildman–Crippen MR) is 105 cm³/mol. The number of aromatic amines is 1. The van der Waals surface area contributed by atoms with Crippen molar-refractivity contribution >= 4 is 22.5 Å². The van der Waals surface area contributed by atoms with Crippen molar-refractivity contribution in [2.75, 3.05) is 5.73 Å². The van der Waals surface area contributed by atoms with Crippen LogP contribution in [0.5, 0.6) is 0 Å². The number of hydrogen-bond donors (Lipinski definition) is 2. The van der Waals surface area contributed by atoms with Crippen molar-refractivity contribution in [2.24, 2.45) is 0 Å². The average Bonchev–Trinajstić information content (AvgIpc) is 3.30. The molecule has 0 spiro atoms. The van der Waals surface area contributed by atoms with Gasteiger partial charge in [0.2, 0.25) is 0 Å². The highest BCUT2D eigenvalue weighted by atomic mass is 19.1. The average molecular weight is 373 g/mol. The molecule has 0 bridgehead atoms. The summed E-state index contributed by atoms with van der Waals surface area (Å²) in [5.74, 6) is 0.577. The van der Waals surface area contributed by atoms with Gasteiger partial charge in [0.1, 0.15) is 5.82 Å². The highest BCUT2D eigenvalue weighted by Gasteiger charge is 2.20. The van der Waals surface area contributed by atoms with E-state index in [1.54, 1.807) is 16.6 Å². The van der Waals surface area contributed by atoms with Crippen molar-refractivity contribution in [2.45, 2.75) is 13.3 Å². The second kappa shape index (κ2) is 6.12. The number of hydrogen-bond acceptors (Lipinski definition) is 5. The topological polar surface area (TPSA) is 97.8 Å². The van der Waals surface area contributed by atoms with Crippen LogP contribution in [0.15, 0.2) is 48.5 Å². The summed E-state index contributed by atoms with van der Waals surface area (Å²) in [4.78, 5) is 7.76. The van der Waals surface area contributed by atoms with Crippen molar-refractivity contribution in [3.63, 3.8) is 0 Å². The molecule has 0 atom stereocenters. The van der Waals surface area contributed by atoms with Gasteiger partial charge < -0.3 is 10.7 Å². The lowest BCUT2D eigenvalue weighted by Crippen LogP contribution is -2.06. The maximum Gasteiger partial charge on any atom is 0.187 e. The number of aromatic nitrogens is 6. The fraction of sp³-hybridized carbons (Fsp3) is 0.100. The number of nitrogens with one attached hydrogen (secondary N) is 1. The quantitative estimate of drug-likeness (QED) is 0.503. The van der Waals surface area contributed by atoms with Gasteiger partial charge in [0.15, 0.2) is 23.0 Å². The molecular weight excluding hydrogens is 357 g/mol. The van der Waals surface area contributed by atoms with E-state index in [2.05, 4.69) is 25.3 Å². The van der Waals surface area contributed by atoms with E-state index in [1.807, 2.05) is 31.2 Å². The van der Waals surface area contributed by atoms with Crippen LogP contribution < -0.4 is 5.73 Å². The zero-order valence-corrected chi connectivity index (χ0v) is 15.0. The molecule has 5 aromatic rings. The van der Waals surface area contributed by atoms with Crippen LogP contribution in [0, 0.1) is 5.82 Å². The third kappa shape index (κ3) is 2.42. The van der Waals surface area contributed by atoms with Crippen LogP contribution in [0.1, 0.15) is 12.6 Å². The van der Waals surface area contributed by atoms with Gasteiger partial charge in [-0.1, -0.05) is 31.2 Å². The Morgan fingerprint density at radius 2 is 1.86 bits per heavy atom. The van der Waals surface area contributed by atoms with Gasteiger partial charge in [-0.05, 0) is 36.2 Å². The van der Waals surface area contributed by atoms with Crippen molar-refractivity contribution in [1.29, 1.82) is 0 Å². The van der Waals surface area contributed by atoms with Crippen molar-refractivity contribution < 1.29 is 4.39 Å². The first kappa shape index (κ1) is 16.4. The lowest BCUT2D eigenvalue weighted by atomic mass is 10.0. The second-order valence-electron chi connectivity index (χ2n) is 6.45. The first-order valence-electron chi connectivity index (χ1n) is 8.90. The Kier molecular flexibility index (Phi) is 3.58. The second-order valence-corrected chi connectivity index (χ2v) is 6.45. The van der Waals surface area contributed by atoms with E-state index in [1.165, 1.54) is 12.1 Å². The van der Waals surface area contributed by atoms with E-state index < -0.39 is 0 Å². The largest absolute Gasteiger partial charge is 0.382 e. The molecule has 3 N–H and O–H groups in total. The molecule has 28 heavy (non-hydrogen) atoms. The summed E-state index contributed by atoms with van der Waals surface area (Å²) in [6.07, 6.45) is 0.676.